The Morgan fingerprint density at radius 3 is 2.31 bits per heavy atom. The second-order valence-electron chi connectivity index (χ2n) is 7.50. The second-order valence-corrected chi connectivity index (χ2v) is 8.36. The van der Waals surface area contributed by atoms with Crippen molar-refractivity contribution in [1.29, 1.82) is 0 Å². The maximum atomic E-state index is 13.7. The van der Waals surface area contributed by atoms with E-state index < -0.39 is 11.5 Å². The van der Waals surface area contributed by atoms with Gasteiger partial charge in [0.25, 0.3) is 5.56 Å². The van der Waals surface area contributed by atoms with E-state index in [1.807, 2.05) is 66.9 Å². The summed E-state index contributed by atoms with van der Waals surface area (Å²) in [6.45, 7) is 5.05. The van der Waals surface area contributed by atoms with Gasteiger partial charge in [-0.25, -0.2) is 9.78 Å². The van der Waals surface area contributed by atoms with Gasteiger partial charge in [0.15, 0.2) is 0 Å². The standard InChI is InChI=1S/C23H20N2O3S/c1-14-9-11-15(12-10-14)17-13-29-20-18(17)21(26)25(23(2,3)22(27)28)19(24-20)16-7-5-4-6-8-16/h4-13H,1-3H3,(H,27,28). The van der Waals surface area contributed by atoms with Crippen LogP contribution in [-0.4, -0.2) is 20.6 Å². The van der Waals surface area contributed by atoms with E-state index in [1.165, 1.54) is 29.8 Å². The average Bonchev–Trinajstić information content (AvgIpc) is 3.13. The number of hydrogen-bond donors (Lipinski definition) is 1. The Labute approximate surface area is 171 Å². The lowest BCUT2D eigenvalue weighted by Gasteiger charge is -2.25. The molecule has 0 unspecified atom stereocenters. The minimum atomic E-state index is -1.46. The van der Waals surface area contributed by atoms with Crippen molar-refractivity contribution in [3.05, 3.63) is 75.9 Å². The summed E-state index contributed by atoms with van der Waals surface area (Å²) in [6.07, 6.45) is 0. The van der Waals surface area contributed by atoms with Crippen LogP contribution < -0.4 is 5.56 Å². The minimum absolute atomic E-state index is 0.349. The lowest BCUT2D eigenvalue weighted by molar-refractivity contribution is -0.145. The highest BCUT2D eigenvalue weighted by Gasteiger charge is 2.34. The molecule has 0 atom stereocenters. The molecule has 5 nitrogen and oxygen atoms in total. The van der Waals surface area contributed by atoms with E-state index in [0.717, 1.165) is 16.7 Å². The third kappa shape index (κ3) is 3.15. The van der Waals surface area contributed by atoms with Crippen LogP contribution in [-0.2, 0) is 10.3 Å². The minimum Gasteiger partial charge on any atom is -0.480 e. The van der Waals surface area contributed by atoms with E-state index >= 15 is 0 Å². The van der Waals surface area contributed by atoms with E-state index in [0.29, 0.717) is 21.6 Å². The van der Waals surface area contributed by atoms with Gasteiger partial charge in [0.05, 0.1) is 5.39 Å². The van der Waals surface area contributed by atoms with Crippen LogP contribution in [0.4, 0.5) is 0 Å². The predicted molar refractivity (Wildman–Crippen MR) is 116 cm³/mol. The lowest BCUT2D eigenvalue weighted by atomic mass is 10.0. The molecule has 2 heterocycles. The van der Waals surface area contributed by atoms with Gasteiger partial charge in [-0.15, -0.1) is 11.3 Å². The molecule has 0 aliphatic rings. The van der Waals surface area contributed by atoms with Gasteiger partial charge in [0.2, 0.25) is 0 Å². The van der Waals surface area contributed by atoms with Crippen LogP contribution >= 0.6 is 11.3 Å². The Balaban J connectivity index is 2.09. The fourth-order valence-electron chi connectivity index (χ4n) is 3.33. The van der Waals surface area contributed by atoms with Crippen molar-refractivity contribution in [3.63, 3.8) is 0 Å². The Morgan fingerprint density at radius 1 is 1.03 bits per heavy atom. The van der Waals surface area contributed by atoms with E-state index in [-0.39, 0.29) is 5.56 Å². The summed E-state index contributed by atoms with van der Waals surface area (Å²) in [6, 6.07) is 17.1. The van der Waals surface area contributed by atoms with Gasteiger partial charge in [0, 0.05) is 16.5 Å². The summed E-state index contributed by atoms with van der Waals surface area (Å²) in [7, 11) is 0. The fraction of sp³-hybridized carbons (Fsp3) is 0.174. The molecule has 0 saturated carbocycles. The number of thiophene rings is 1. The second kappa shape index (κ2) is 6.97. The molecule has 0 spiro atoms. The highest BCUT2D eigenvalue weighted by atomic mass is 32.1. The summed E-state index contributed by atoms with van der Waals surface area (Å²) >= 11 is 1.39. The largest absolute Gasteiger partial charge is 0.480 e. The van der Waals surface area contributed by atoms with E-state index in [9.17, 15) is 14.7 Å². The van der Waals surface area contributed by atoms with Crippen LogP contribution in [0.1, 0.15) is 19.4 Å². The third-order valence-electron chi connectivity index (χ3n) is 5.08. The molecule has 146 valence electrons. The van der Waals surface area contributed by atoms with Crippen molar-refractivity contribution in [2.75, 3.05) is 0 Å². The van der Waals surface area contributed by atoms with Crippen LogP contribution in [0.5, 0.6) is 0 Å². The van der Waals surface area contributed by atoms with Crippen LogP contribution in [0.3, 0.4) is 0 Å². The highest BCUT2D eigenvalue weighted by Crippen LogP contribution is 2.34. The molecule has 4 aromatic rings. The first kappa shape index (κ1) is 19.1. The van der Waals surface area contributed by atoms with Gasteiger partial charge in [-0.05, 0) is 26.3 Å². The molecule has 0 bridgehead atoms. The molecule has 2 aromatic carbocycles. The van der Waals surface area contributed by atoms with Gasteiger partial charge in [-0.2, -0.15) is 0 Å². The van der Waals surface area contributed by atoms with Gasteiger partial charge < -0.3 is 5.11 Å². The first-order valence-electron chi connectivity index (χ1n) is 9.21. The average molecular weight is 404 g/mol. The maximum Gasteiger partial charge on any atom is 0.329 e. The summed E-state index contributed by atoms with van der Waals surface area (Å²) < 4.78 is 1.30. The Kier molecular flexibility index (Phi) is 4.59. The fourth-order valence-corrected chi connectivity index (χ4v) is 4.27. The summed E-state index contributed by atoms with van der Waals surface area (Å²) in [5, 5.41) is 12.2. The first-order valence-corrected chi connectivity index (χ1v) is 10.1. The molecule has 0 amide bonds. The van der Waals surface area contributed by atoms with Crippen molar-refractivity contribution in [2.24, 2.45) is 0 Å². The molecule has 6 heteroatoms. The van der Waals surface area contributed by atoms with Crippen molar-refractivity contribution in [3.8, 4) is 22.5 Å². The van der Waals surface area contributed by atoms with Crippen molar-refractivity contribution in [1.82, 2.24) is 9.55 Å². The number of carboxylic acids is 1. The Morgan fingerprint density at radius 2 is 1.69 bits per heavy atom. The van der Waals surface area contributed by atoms with Crippen LogP contribution in [0, 0.1) is 6.92 Å². The number of rotatable bonds is 4. The molecule has 29 heavy (non-hydrogen) atoms. The van der Waals surface area contributed by atoms with E-state index in [4.69, 9.17) is 4.98 Å². The number of aryl methyl sites for hydroxylation is 1. The monoisotopic (exact) mass is 404 g/mol. The maximum absolute atomic E-state index is 13.7. The number of aromatic nitrogens is 2. The number of hydrogen-bond acceptors (Lipinski definition) is 4. The normalized spacial score (nSPS) is 11.7. The zero-order chi connectivity index (χ0) is 20.8. The zero-order valence-corrected chi connectivity index (χ0v) is 17.2. The molecule has 4 rings (SSSR count). The Bertz CT molecular complexity index is 1270. The molecular formula is C23H20N2O3S. The molecule has 0 radical (unpaired) electrons. The van der Waals surface area contributed by atoms with Crippen molar-refractivity contribution in [2.45, 2.75) is 26.3 Å². The first-order chi connectivity index (χ1) is 13.8. The smallest absolute Gasteiger partial charge is 0.329 e. The third-order valence-corrected chi connectivity index (χ3v) is 5.96. The summed E-state index contributed by atoms with van der Waals surface area (Å²) in [4.78, 5) is 31.0. The quantitative estimate of drug-likeness (QED) is 0.524. The number of carboxylic acid groups (broad SMARTS) is 1. The number of benzene rings is 2. The van der Waals surface area contributed by atoms with Crippen LogP contribution in [0.2, 0.25) is 0 Å². The number of aliphatic carboxylic acids is 1. The number of carbonyl (C=O) groups is 1. The number of nitrogens with zero attached hydrogens (tertiary/aromatic N) is 2. The molecule has 0 aliphatic carbocycles. The summed E-state index contributed by atoms with van der Waals surface area (Å²) in [5.41, 5.74) is 1.70. The van der Waals surface area contributed by atoms with Crippen molar-refractivity contribution < 1.29 is 9.90 Å². The van der Waals surface area contributed by atoms with E-state index in [2.05, 4.69) is 0 Å². The molecule has 0 saturated heterocycles. The number of fused-ring (bicyclic) bond motifs is 1. The zero-order valence-electron chi connectivity index (χ0n) is 16.3. The van der Waals surface area contributed by atoms with Gasteiger partial charge in [-0.1, -0.05) is 60.2 Å². The highest BCUT2D eigenvalue weighted by molar-refractivity contribution is 7.17. The van der Waals surface area contributed by atoms with E-state index in [1.54, 1.807) is 0 Å². The molecule has 2 aromatic heterocycles. The SMILES string of the molecule is Cc1ccc(-c2csc3nc(-c4ccccc4)n(C(C)(C)C(=O)O)c(=O)c23)cc1. The van der Waals surface area contributed by atoms with Gasteiger partial charge >= 0.3 is 5.97 Å². The topological polar surface area (TPSA) is 72.2 Å². The summed E-state index contributed by atoms with van der Waals surface area (Å²) in [5.74, 6) is -0.738. The van der Waals surface area contributed by atoms with Crippen LogP contribution in [0.15, 0.2) is 64.8 Å². The van der Waals surface area contributed by atoms with Crippen molar-refractivity contribution >= 4 is 27.5 Å². The van der Waals surface area contributed by atoms with Crippen LogP contribution in [0.25, 0.3) is 32.7 Å². The molecule has 1 N–H and O–H groups in total. The molecule has 0 aliphatic heterocycles. The Hall–Kier alpha value is -3.25. The lowest BCUT2D eigenvalue weighted by Crippen LogP contribution is -2.44. The molecule has 0 fully saturated rings. The predicted octanol–water partition coefficient (Wildman–Crippen LogP) is 4.92. The van der Waals surface area contributed by atoms with Gasteiger partial charge in [-0.3, -0.25) is 9.36 Å². The molecular weight excluding hydrogens is 384 g/mol. The van der Waals surface area contributed by atoms with Gasteiger partial charge in [0.1, 0.15) is 16.2 Å².